The molecular weight excluding hydrogens is 365 g/mol. The zero-order valence-corrected chi connectivity index (χ0v) is 13.9. The Bertz CT molecular complexity index is 523. The van der Waals surface area contributed by atoms with Crippen molar-refractivity contribution in [2.45, 2.75) is 24.8 Å². The van der Waals surface area contributed by atoms with Gasteiger partial charge in [-0.25, -0.2) is 9.97 Å². The fourth-order valence-electron chi connectivity index (χ4n) is 3.29. The molecule has 20 heavy (non-hydrogen) atoms. The smallest absolute Gasteiger partial charge is 0.149 e. The number of hydrogen-bond acceptors (Lipinski definition) is 5. The van der Waals surface area contributed by atoms with Crippen LogP contribution >= 0.6 is 22.6 Å². The highest BCUT2D eigenvalue weighted by Gasteiger charge is 2.36. The van der Waals surface area contributed by atoms with Crippen molar-refractivity contribution in [3.8, 4) is 0 Å². The first-order valence-corrected chi connectivity index (χ1v) is 8.55. The minimum Gasteiger partial charge on any atom is -0.372 e. The van der Waals surface area contributed by atoms with Crippen LogP contribution in [0.2, 0.25) is 0 Å². The van der Waals surface area contributed by atoms with Gasteiger partial charge in [-0.05, 0) is 35.4 Å². The van der Waals surface area contributed by atoms with Crippen molar-refractivity contribution >= 4 is 28.4 Å². The molecule has 4 heterocycles. The van der Waals surface area contributed by atoms with Crippen LogP contribution in [0, 0.1) is 3.57 Å². The number of halogens is 1. The van der Waals surface area contributed by atoms with Gasteiger partial charge in [0.05, 0.1) is 15.3 Å². The molecule has 1 aromatic heterocycles. The summed E-state index contributed by atoms with van der Waals surface area (Å²) in [7, 11) is 1.96. The van der Waals surface area contributed by atoms with Crippen LogP contribution in [-0.2, 0) is 0 Å². The molecule has 5 nitrogen and oxygen atoms in total. The largest absolute Gasteiger partial charge is 0.372 e. The molecule has 3 saturated heterocycles. The van der Waals surface area contributed by atoms with E-state index in [-0.39, 0.29) is 0 Å². The summed E-state index contributed by atoms with van der Waals surface area (Å²) in [6, 6.07) is 0.388. The van der Waals surface area contributed by atoms with Crippen LogP contribution in [0.4, 0.5) is 5.82 Å². The molecule has 1 aromatic rings. The van der Waals surface area contributed by atoms with E-state index in [2.05, 4.69) is 37.7 Å². The molecule has 1 N–H and O–H groups in total. The first-order chi connectivity index (χ1) is 9.76. The van der Waals surface area contributed by atoms with Gasteiger partial charge in [0.1, 0.15) is 11.6 Å². The molecule has 5 rings (SSSR count). The Morgan fingerprint density at radius 2 is 1.90 bits per heavy atom. The molecule has 0 aromatic carbocycles. The van der Waals surface area contributed by atoms with Crippen LogP contribution in [0.5, 0.6) is 0 Å². The van der Waals surface area contributed by atoms with Gasteiger partial charge >= 0.3 is 0 Å². The monoisotopic (exact) mass is 385 g/mol. The third-order valence-electron chi connectivity index (χ3n) is 4.67. The Morgan fingerprint density at radius 3 is 2.45 bits per heavy atom. The summed E-state index contributed by atoms with van der Waals surface area (Å²) in [4.78, 5) is 14.9. The molecule has 3 aliphatic heterocycles. The van der Waals surface area contributed by atoms with Crippen molar-refractivity contribution in [2.75, 3.05) is 45.1 Å². The number of fused-ring (bicyclic) bond motifs is 3. The lowest BCUT2D eigenvalue weighted by Crippen LogP contribution is -2.57. The van der Waals surface area contributed by atoms with Crippen molar-refractivity contribution in [3.63, 3.8) is 0 Å². The van der Waals surface area contributed by atoms with Gasteiger partial charge in [0.2, 0.25) is 0 Å². The van der Waals surface area contributed by atoms with Gasteiger partial charge in [-0.2, -0.15) is 0 Å². The summed E-state index contributed by atoms with van der Waals surface area (Å²) in [5.74, 6) is 2.71. The lowest BCUT2D eigenvalue weighted by atomic mass is 10.1. The molecule has 0 radical (unpaired) electrons. The molecule has 108 valence electrons. The molecule has 0 amide bonds. The maximum atomic E-state index is 4.96. The summed E-state index contributed by atoms with van der Waals surface area (Å²) in [5.41, 5.74) is 1.28. The van der Waals surface area contributed by atoms with Crippen LogP contribution in [-0.4, -0.2) is 59.5 Å². The average molecular weight is 385 g/mol. The van der Waals surface area contributed by atoms with Gasteiger partial charge < -0.3 is 5.32 Å². The van der Waals surface area contributed by atoms with E-state index in [4.69, 9.17) is 9.97 Å². The van der Waals surface area contributed by atoms with Crippen LogP contribution in [0.3, 0.4) is 0 Å². The predicted octanol–water partition coefficient (Wildman–Crippen LogP) is 1.67. The van der Waals surface area contributed by atoms with Crippen LogP contribution in [0.1, 0.15) is 36.3 Å². The van der Waals surface area contributed by atoms with E-state index >= 15 is 0 Å². The van der Waals surface area contributed by atoms with Gasteiger partial charge in [0.15, 0.2) is 0 Å². The minimum atomic E-state index is 0.388. The molecule has 1 aliphatic carbocycles. The van der Waals surface area contributed by atoms with Gasteiger partial charge in [-0.1, -0.05) is 0 Å². The Balaban J connectivity index is 1.72. The molecule has 1 unspecified atom stereocenters. The number of nitrogens with one attached hydrogen (secondary N) is 1. The van der Waals surface area contributed by atoms with Crippen LogP contribution in [0.15, 0.2) is 0 Å². The van der Waals surface area contributed by atoms with E-state index in [1.54, 1.807) is 0 Å². The van der Waals surface area contributed by atoms with E-state index in [1.807, 2.05) is 7.05 Å². The predicted molar refractivity (Wildman–Crippen MR) is 87.0 cm³/mol. The molecule has 1 atom stereocenters. The highest BCUT2D eigenvalue weighted by atomic mass is 127. The van der Waals surface area contributed by atoms with E-state index in [0.29, 0.717) is 12.0 Å². The maximum Gasteiger partial charge on any atom is 0.149 e. The number of nitrogens with zero attached hydrogens (tertiary/aromatic N) is 4. The molecule has 2 bridgehead atoms. The second-order valence-electron chi connectivity index (χ2n) is 6.01. The van der Waals surface area contributed by atoms with E-state index in [9.17, 15) is 0 Å². The maximum absolute atomic E-state index is 4.96. The van der Waals surface area contributed by atoms with Crippen molar-refractivity contribution < 1.29 is 0 Å². The SMILES string of the molecule is CNc1nc(C2CN3CCN2CC3)nc(C2CC2)c1I. The molecule has 6 heteroatoms. The number of aromatic nitrogens is 2. The minimum absolute atomic E-state index is 0.388. The fourth-order valence-corrected chi connectivity index (χ4v) is 4.24. The van der Waals surface area contributed by atoms with Crippen LogP contribution in [0.25, 0.3) is 0 Å². The molecule has 1 saturated carbocycles. The third kappa shape index (κ3) is 2.21. The fraction of sp³-hybridized carbons (Fsp3) is 0.714. The van der Waals surface area contributed by atoms with Crippen molar-refractivity contribution in [1.29, 1.82) is 0 Å². The first kappa shape index (κ1) is 13.2. The molecule has 4 fully saturated rings. The molecule has 0 spiro atoms. The van der Waals surface area contributed by atoms with E-state index in [1.165, 1.54) is 35.2 Å². The van der Waals surface area contributed by atoms with Crippen molar-refractivity contribution in [1.82, 2.24) is 19.8 Å². The molecule has 4 aliphatic rings. The summed E-state index contributed by atoms with van der Waals surface area (Å²) in [6.07, 6.45) is 2.58. The lowest BCUT2D eigenvalue weighted by molar-refractivity contribution is 0.00860. The second-order valence-corrected chi connectivity index (χ2v) is 7.09. The average Bonchev–Trinajstić information content (AvgIpc) is 3.33. The Hall–Kier alpha value is -0.470. The third-order valence-corrected chi connectivity index (χ3v) is 5.74. The Labute approximate surface area is 133 Å². The Morgan fingerprint density at radius 1 is 1.15 bits per heavy atom. The van der Waals surface area contributed by atoms with E-state index in [0.717, 1.165) is 31.3 Å². The van der Waals surface area contributed by atoms with Gasteiger partial charge in [-0.15, -0.1) is 0 Å². The van der Waals surface area contributed by atoms with Crippen LogP contribution < -0.4 is 5.32 Å². The number of piperazine rings is 3. The topological polar surface area (TPSA) is 44.3 Å². The summed E-state index contributed by atoms with van der Waals surface area (Å²) in [6.45, 7) is 5.82. The summed E-state index contributed by atoms with van der Waals surface area (Å²) in [5, 5.41) is 3.25. The quantitative estimate of drug-likeness (QED) is 0.803. The zero-order chi connectivity index (χ0) is 13.7. The highest BCUT2D eigenvalue weighted by molar-refractivity contribution is 14.1. The van der Waals surface area contributed by atoms with Gasteiger partial charge in [-0.3, -0.25) is 9.80 Å². The van der Waals surface area contributed by atoms with Crippen molar-refractivity contribution in [2.24, 2.45) is 0 Å². The standard InChI is InChI=1S/C14H20IN5/c1-16-14-11(15)12(9-2-3-9)17-13(18-14)10-8-19-4-6-20(10)7-5-19/h9-10H,2-8H2,1H3,(H,16,17,18). The lowest BCUT2D eigenvalue weighted by Gasteiger charge is -2.46. The summed E-state index contributed by atoms with van der Waals surface area (Å²) >= 11 is 2.40. The zero-order valence-electron chi connectivity index (χ0n) is 11.8. The summed E-state index contributed by atoms with van der Waals surface area (Å²) < 4.78 is 1.22. The van der Waals surface area contributed by atoms with Gasteiger partial charge in [0, 0.05) is 45.7 Å². The number of hydrogen-bond donors (Lipinski definition) is 1. The second kappa shape index (κ2) is 5.06. The Kier molecular flexibility index (Phi) is 3.35. The number of anilines is 1. The molecular formula is C14H20IN5. The highest BCUT2D eigenvalue weighted by Crippen LogP contribution is 2.43. The normalized spacial score (nSPS) is 32.4. The first-order valence-electron chi connectivity index (χ1n) is 7.47. The number of rotatable bonds is 3. The van der Waals surface area contributed by atoms with Crippen molar-refractivity contribution in [3.05, 3.63) is 15.1 Å². The van der Waals surface area contributed by atoms with Gasteiger partial charge in [0.25, 0.3) is 0 Å². The van der Waals surface area contributed by atoms with E-state index < -0.39 is 0 Å².